The summed E-state index contributed by atoms with van der Waals surface area (Å²) in [6.07, 6.45) is 1.56. The van der Waals surface area contributed by atoms with E-state index in [0.717, 1.165) is 21.7 Å². The minimum atomic E-state index is -0.176. The van der Waals surface area contributed by atoms with E-state index in [4.69, 9.17) is 4.74 Å². The van der Waals surface area contributed by atoms with E-state index in [0.29, 0.717) is 6.61 Å². The molecule has 0 amide bonds. The largest absolute Gasteiger partial charge is 0.382 e. The van der Waals surface area contributed by atoms with Gasteiger partial charge in [0.15, 0.2) is 0 Å². The number of nitrogens with one attached hydrogen (secondary N) is 1. The van der Waals surface area contributed by atoms with Crippen molar-refractivity contribution < 1.29 is 4.74 Å². The third-order valence-corrected chi connectivity index (χ3v) is 3.25. The highest BCUT2D eigenvalue weighted by Gasteiger charge is 2.20. The van der Waals surface area contributed by atoms with Gasteiger partial charge in [-0.3, -0.25) is 0 Å². The Morgan fingerprint density at radius 3 is 2.88 bits per heavy atom. The van der Waals surface area contributed by atoms with Gasteiger partial charge in [0.2, 0.25) is 0 Å². The molecule has 6 heteroatoms. The highest BCUT2D eigenvalue weighted by molar-refractivity contribution is 7.13. The molecule has 17 heavy (non-hydrogen) atoms. The van der Waals surface area contributed by atoms with E-state index in [1.165, 1.54) is 11.5 Å². The van der Waals surface area contributed by atoms with Gasteiger partial charge in [-0.1, -0.05) is 0 Å². The monoisotopic (exact) mass is 252 g/mol. The summed E-state index contributed by atoms with van der Waals surface area (Å²) in [6.45, 7) is 6.71. The van der Waals surface area contributed by atoms with Gasteiger partial charge in [-0.2, -0.15) is 4.37 Å². The van der Waals surface area contributed by atoms with E-state index >= 15 is 0 Å². The average Bonchev–Trinajstić information content (AvgIpc) is 2.61. The number of fused-ring (bicyclic) bond motifs is 1. The predicted octanol–water partition coefficient (Wildman–Crippen LogP) is 2.23. The van der Waals surface area contributed by atoms with Crippen molar-refractivity contribution in [2.75, 3.05) is 19.0 Å². The van der Waals surface area contributed by atoms with Gasteiger partial charge in [-0.05, 0) is 32.3 Å². The molecule has 0 saturated heterocycles. The highest BCUT2D eigenvalue weighted by Crippen LogP contribution is 2.27. The Kier molecular flexibility index (Phi) is 3.26. The second-order valence-electron chi connectivity index (χ2n) is 4.61. The standard InChI is InChI=1S/C11H16N4OS/c1-7-8-9(14-11(2,3)5-16-4)12-6-13-10(8)17-15-7/h6H,5H2,1-4H3,(H,12,13,14). The van der Waals surface area contributed by atoms with E-state index in [1.807, 2.05) is 6.92 Å². The lowest BCUT2D eigenvalue weighted by Gasteiger charge is -2.26. The Morgan fingerprint density at radius 1 is 1.41 bits per heavy atom. The fourth-order valence-corrected chi connectivity index (χ4v) is 2.48. The Bertz CT molecular complexity index is 523. The fraction of sp³-hybridized carbons (Fsp3) is 0.545. The van der Waals surface area contributed by atoms with Crippen LogP contribution in [0.15, 0.2) is 6.33 Å². The minimum absolute atomic E-state index is 0.176. The first kappa shape index (κ1) is 12.2. The van der Waals surface area contributed by atoms with Crippen LogP contribution in [-0.4, -0.2) is 33.6 Å². The summed E-state index contributed by atoms with van der Waals surface area (Å²) in [4.78, 5) is 9.42. The quantitative estimate of drug-likeness (QED) is 0.904. The van der Waals surface area contributed by atoms with E-state index in [-0.39, 0.29) is 5.54 Å². The zero-order chi connectivity index (χ0) is 12.5. The van der Waals surface area contributed by atoms with Gasteiger partial charge in [-0.25, -0.2) is 9.97 Å². The van der Waals surface area contributed by atoms with Crippen LogP contribution in [0.4, 0.5) is 5.82 Å². The Morgan fingerprint density at radius 2 is 2.18 bits per heavy atom. The molecule has 2 heterocycles. The Hall–Kier alpha value is -1.27. The molecule has 0 bridgehead atoms. The summed E-state index contributed by atoms with van der Waals surface area (Å²) >= 11 is 1.40. The second kappa shape index (κ2) is 4.54. The van der Waals surface area contributed by atoms with Gasteiger partial charge in [-0.15, -0.1) is 0 Å². The maximum Gasteiger partial charge on any atom is 0.149 e. The van der Waals surface area contributed by atoms with Crippen LogP contribution in [0.5, 0.6) is 0 Å². The van der Waals surface area contributed by atoms with Crippen molar-refractivity contribution in [3.8, 4) is 0 Å². The summed E-state index contributed by atoms with van der Waals surface area (Å²) in [5.74, 6) is 0.823. The SMILES string of the molecule is COCC(C)(C)Nc1ncnc2snc(C)c12. The third kappa shape index (κ3) is 2.53. The minimum Gasteiger partial charge on any atom is -0.382 e. The molecular formula is C11H16N4OS. The summed E-state index contributed by atoms with van der Waals surface area (Å²) in [5.41, 5.74) is 0.783. The van der Waals surface area contributed by atoms with Crippen molar-refractivity contribution in [1.29, 1.82) is 0 Å². The fourth-order valence-electron chi connectivity index (χ4n) is 1.73. The molecule has 0 fully saturated rings. The van der Waals surface area contributed by atoms with Crippen LogP contribution in [-0.2, 0) is 4.74 Å². The molecule has 0 aliphatic heterocycles. The molecule has 0 spiro atoms. The van der Waals surface area contributed by atoms with Gasteiger partial charge >= 0.3 is 0 Å². The molecule has 0 saturated carbocycles. The number of aromatic nitrogens is 3. The molecule has 1 N–H and O–H groups in total. The average molecular weight is 252 g/mol. The van der Waals surface area contributed by atoms with Crippen LogP contribution >= 0.6 is 11.5 Å². The van der Waals surface area contributed by atoms with Crippen molar-refractivity contribution in [3.05, 3.63) is 12.0 Å². The molecule has 2 rings (SSSR count). The number of hydrogen-bond acceptors (Lipinski definition) is 6. The zero-order valence-electron chi connectivity index (χ0n) is 10.4. The van der Waals surface area contributed by atoms with E-state index in [2.05, 4.69) is 33.5 Å². The molecule has 0 aliphatic carbocycles. The number of anilines is 1. The van der Waals surface area contributed by atoms with Crippen molar-refractivity contribution in [3.63, 3.8) is 0 Å². The Labute approximate surface area is 104 Å². The molecule has 0 unspecified atom stereocenters. The maximum atomic E-state index is 5.18. The molecule has 0 atom stereocenters. The van der Waals surface area contributed by atoms with Crippen LogP contribution in [0.1, 0.15) is 19.5 Å². The lowest BCUT2D eigenvalue weighted by Crippen LogP contribution is -2.36. The van der Waals surface area contributed by atoms with Crippen molar-refractivity contribution in [2.24, 2.45) is 0 Å². The lowest BCUT2D eigenvalue weighted by atomic mass is 10.1. The van der Waals surface area contributed by atoms with E-state index < -0.39 is 0 Å². The first-order chi connectivity index (χ1) is 8.03. The molecule has 0 radical (unpaired) electrons. The van der Waals surface area contributed by atoms with Gasteiger partial charge in [0, 0.05) is 7.11 Å². The molecule has 0 aliphatic rings. The summed E-state index contributed by atoms with van der Waals surface area (Å²) in [6, 6.07) is 0. The second-order valence-corrected chi connectivity index (χ2v) is 5.36. The number of aryl methyl sites for hydroxylation is 1. The number of ether oxygens (including phenoxy) is 1. The van der Waals surface area contributed by atoms with Crippen molar-refractivity contribution in [1.82, 2.24) is 14.3 Å². The van der Waals surface area contributed by atoms with Gasteiger partial charge < -0.3 is 10.1 Å². The van der Waals surface area contributed by atoms with Crippen molar-refractivity contribution in [2.45, 2.75) is 26.3 Å². The third-order valence-electron chi connectivity index (χ3n) is 2.41. The predicted molar refractivity (Wildman–Crippen MR) is 69.5 cm³/mol. The molecule has 0 aromatic carbocycles. The number of hydrogen-bond donors (Lipinski definition) is 1. The van der Waals surface area contributed by atoms with Crippen LogP contribution < -0.4 is 5.32 Å². The first-order valence-electron chi connectivity index (χ1n) is 5.37. The van der Waals surface area contributed by atoms with Crippen LogP contribution in [0.3, 0.4) is 0 Å². The number of rotatable bonds is 4. The van der Waals surface area contributed by atoms with Gasteiger partial charge in [0.25, 0.3) is 0 Å². The number of nitrogens with zero attached hydrogens (tertiary/aromatic N) is 3. The molecule has 2 aromatic heterocycles. The lowest BCUT2D eigenvalue weighted by molar-refractivity contribution is 0.158. The summed E-state index contributed by atoms with van der Waals surface area (Å²) in [7, 11) is 1.69. The summed E-state index contributed by atoms with van der Waals surface area (Å²) in [5, 5.41) is 4.38. The normalized spacial score (nSPS) is 12.0. The van der Waals surface area contributed by atoms with Crippen LogP contribution in [0.2, 0.25) is 0 Å². The smallest absolute Gasteiger partial charge is 0.149 e. The summed E-state index contributed by atoms with van der Waals surface area (Å²) < 4.78 is 9.48. The molecule has 2 aromatic rings. The zero-order valence-corrected chi connectivity index (χ0v) is 11.3. The number of methoxy groups -OCH3 is 1. The van der Waals surface area contributed by atoms with E-state index in [1.54, 1.807) is 13.4 Å². The van der Waals surface area contributed by atoms with Gasteiger partial charge in [0.05, 0.1) is 23.2 Å². The van der Waals surface area contributed by atoms with Crippen LogP contribution in [0, 0.1) is 6.92 Å². The molecular weight excluding hydrogens is 236 g/mol. The first-order valence-corrected chi connectivity index (χ1v) is 6.15. The molecule has 5 nitrogen and oxygen atoms in total. The maximum absolute atomic E-state index is 5.18. The van der Waals surface area contributed by atoms with Crippen LogP contribution in [0.25, 0.3) is 10.2 Å². The topological polar surface area (TPSA) is 59.9 Å². The Balaban J connectivity index is 2.39. The van der Waals surface area contributed by atoms with E-state index in [9.17, 15) is 0 Å². The molecule has 92 valence electrons. The van der Waals surface area contributed by atoms with Crippen molar-refractivity contribution >= 4 is 27.6 Å². The van der Waals surface area contributed by atoms with Gasteiger partial charge in [0.1, 0.15) is 17.0 Å². The highest BCUT2D eigenvalue weighted by atomic mass is 32.1.